The van der Waals surface area contributed by atoms with Crippen molar-refractivity contribution in [1.82, 2.24) is 15.1 Å². The van der Waals surface area contributed by atoms with Gasteiger partial charge in [-0.3, -0.25) is 4.79 Å². The molecule has 0 fully saturated rings. The molecule has 0 saturated heterocycles. The molecule has 0 radical (unpaired) electrons. The van der Waals surface area contributed by atoms with Crippen molar-refractivity contribution in [2.75, 3.05) is 11.9 Å². The number of amides is 2. The minimum absolute atomic E-state index is 0.216. The molecule has 180 valence electrons. The van der Waals surface area contributed by atoms with Crippen LogP contribution in [-0.2, 0) is 17.6 Å². The summed E-state index contributed by atoms with van der Waals surface area (Å²) in [6, 6.07) is 11.4. The number of aryl methyl sites for hydroxylation is 2. The van der Waals surface area contributed by atoms with Crippen molar-refractivity contribution < 1.29 is 18.8 Å². The van der Waals surface area contributed by atoms with Gasteiger partial charge in [-0.15, -0.1) is 0 Å². The van der Waals surface area contributed by atoms with Crippen molar-refractivity contribution in [1.29, 1.82) is 0 Å². The number of carbonyl (C=O) groups is 2. The molecule has 3 aromatic rings. The maximum absolute atomic E-state index is 13.5. The molecule has 1 aliphatic heterocycles. The Bertz CT molecular complexity index is 1410. The van der Waals surface area contributed by atoms with Crippen molar-refractivity contribution in [3.05, 3.63) is 82.7 Å². The Hall–Kier alpha value is -3.89. The van der Waals surface area contributed by atoms with Crippen molar-refractivity contribution in [2.24, 2.45) is 0 Å². The summed E-state index contributed by atoms with van der Waals surface area (Å²) < 4.78 is 25.3. The average Bonchev–Trinajstić information content (AvgIpc) is 3.24. The smallest absolute Gasteiger partial charge is 0.342 e. The molecule has 0 saturated carbocycles. The van der Waals surface area contributed by atoms with Crippen LogP contribution in [0.15, 0.2) is 54.9 Å². The van der Waals surface area contributed by atoms with E-state index in [2.05, 4.69) is 22.3 Å². The van der Waals surface area contributed by atoms with E-state index < -0.39 is 30.6 Å². The molecule has 2 aromatic carbocycles. The van der Waals surface area contributed by atoms with Crippen LogP contribution in [0.25, 0.3) is 0 Å². The van der Waals surface area contributed by atoms with Gasteiger partial charge in [-0.1, -0.05) is 47.7 Å². The third-order valence-corrected chi connectivity index (χ3v) is 5.73. The van der Waals surface area contributed by atoms with Gasteiger partial charge >= 0.3 is 6.03 Å². The van der Waals surface area contributed by atoms with Crippen molar-refractivity contribution in [3.8, 4) is 11.8 Å². The Kier molecular flexibility index (Phi) is 5.72. The quantitative estimate of drug-likeness (QED) is 0.571. The zero-order chi connectivity index (χ0) is 27.7. The first kappa shape index (κ1) is 20.5. The van der Waals surface area contributed by atoms with Gasteiger partial charge in [-0.05, 0) is 62.4 Å². The van der Waals surface area contributed by atoms with Crippen LogP contribution in [0.5, 0.6) is 0 Å². The lowest BCUT2D eigenvalue weighted by atomic mass is 10.0. The molecule has 0 unspecified atom stereocenters. The number of aliphatic hydroxyl groups is 1. The van der Waals surface area contributed by atoms with E-state index >= 15 is 0 Å². The molecule has 2 heterocycles. The van der Waals surface area contributed by atoms with Crippen LogP contribution in [0.4, 0.5) is 10.5 Å². The molecule has 1 aromatic heterocycles. The van der Waals surface area contributed by atoms with Gasteiger partial charge in [0.1, 0.15) is 11.6 Å². The average molecular weight is 474 g/mol. The van der Waals surface area contributed by atoms with Gasteiger partial charge in [0, 0.05) is 35.0 Å². The molecular formula is C28H30N4O3. The number of anilines is 1. The number of rotatable bonds is 3. The zero-order valence-corrected chi connectivity index (χ0v) is 20.0. The number of hydrogen-bond donors (Lipinski definition) is 2. The van der Waals surface area contributed by atoms with E-state index in [4.69, 9.17) is 4.11 Å². The first-order chi connectivity index (χ1) is 17.8. The lowest BCUT2D eigenvalue weighted by Crippen LogP contribution is -2.48. The van der Waals surface area contributed by atoms with E-state index in [1.807, 2.05) is 31.2 Å². The minimum Gasteiger partial charge on any atom is -0.378 e. The van der Waals surface area contributed by atoms with Crippen molar-refractivity contribution >= 4 is 17.6 Å². The number of hydrogen-bond acceptors (Lipinski definition) is 4. The molecule has 1 aliphatic rings. The van der Waals surface area contributed by atoms with E-state index in [0.29, 0.717) is 24.0 Å². The van der Waals surface area contributed by atoms with Crippen molar-refractivity contribution in [2.45, 2.75) is 51.7 Å². The van der Waals surface area contributed by atoms with Gasteiger partial charge in [-0.25, -0.2) is 4.79 Å². The number of benzene rings is 2. The van der Waals surface area contributed by atoms with E-state index in [-0.39, 0.29) is 12.1 Å². The molecule has 1 atom stereocenters. The molecular weight excluding hydrogens is 440 g/mol. The fourth-order valence-corrected chi connectivity index (χ4v) is 3.84. The Morgan fingerprint density at radius 3 is 2.74 bits per heavy atom. The Balaban J connectivity index is 1.55. The lowest BCUT2D eigenvalue weighted by molar-refractivity contribution is -0.120. The first-order valence-corrected chi connectivity index (χ1v) is 11.4. The van der Waals surface area contributed by atoms with Crippen LogP contribution < -0.4 is 10.2 Å². The number of fused-ring (bicyclic) bond motifs is 1. The predicted octanol–water partition coefficient (Wildman–Crippen LogP) is 3.44. The van der Waals surface area contributed by atoms with Gasteiger partial charge in [0.15, 0.2) is 0 Å². The third-order valence-electron chi connectivity index (χ3n) is 5.73. The number of nitrogens with one attached hydrogen (secondary N) is 1. The van der Waals surface area contributed by atoms with Gasteiger partial charge in [0.05, 0.1) is 6.20 Å². The van der Waals surface area contributed by atoms with Crippen LogP contribution in [0, 0.1) is 18.8 Å². The molecule has 7 heteroatoms. The fourth-order valence-electron chi connectivity index (χ4n) is 3.84. The Morgan fingerprint density at radius 2 is 2.03 bits per heavy atom. The number of carbonyl (C=O) groups excluding carboxylic acids is 2. The number of nitrogens with zero attached hydrogens (tertiary/aromatic N) is 3. The van der Waals surface area contributed by atoms with Crippen LogP contribution in [-0.4, -0.2) is 45.4 Å². The molecule has 2 amide bonds. The van der Waals surface area contributed by atoms with Gasteiger partial charge in [0.25, 0.3) is 0 Å². The Morgan fingerprint density at radius 1 is 1.26 bits per heavy atom. The van der Waals surface area contributed by atoms with Crippen LogP contribution in [0.1, 0.15) is 52.2 Å². The second kappa shape index (κ2) is 9.77. The highest BCUT2D eigenvalue weighted by Gasteiger charge is 2.30. The molecule has 4 rings (SSSR count). The van der Waals surface area contributed by atoms with Crippen LogP contribution in [0.2, 0.25) is 0 Å². The van der Waals surface area contributed by atoms with E-state index in [1.165, 1.54) is 6.07 Å². The van der Waals surface area contributed by atoms with E-state index in [0.717, 1.165) is 26.3 Å². The number of likely N-dealkylation sites (N-methyl/N-ethyl adjacent to an activating group) is 1. The summed E-state index contributed by atoms with van der Waals surface area (Å²) in [5, 5.41) is 16.7. The summed E-state index contributed by atoms with van der Waals surface area (Å²) in [4.78, 5) is 27.2. The predicted molar refractivity (Wildman–Crippen MR) is 135 cm³/mol. The normalized spacial score (nSPS) is 17.3. The second-order valence-electron chi connectivity index (χ2n) is 9.32. The van der Waals surface area contributed by atoms with E-state index in [1.54, 1.807) is 38.4 Å². The molecule has 0 spiro atoms. The highest BCUT2D eigenvalue weighted by Crippen LogP contribution is 2.27. The summed E-state index contributed by atoms with van der Waals surface area (Å²) in [5.74, 6) is 4.78. The largest absolute Gasteiger partial charge is 0.378 e. The standard InChI is InChI=1S/C28H30N4O3/c1-19-5-7-20(8-6-19)15-22-17-29-32(18-22)27(34)30-24-12-11-23-10-9-21(13-14-28(2,3)35)16-25(23)31(4)26(24)33/h5-10,16-18,24,35H,11-12,15H2,1-4H3,(H,30,34)/t24-/m0/s1/i4D3. The summed E-state index contributed by atoms with van der Waals surface area (Å²) in [7, 11) is 0. The number of aromatic nitrogens is 2. The minimum atomic E-state index is -2.78. The maximum atomic E-state index is 13.5. The van der Waals surface area contributed by atoms with Crippen LogP contribution in [0.3, 0.4) is 0 Å². The summed E-state index contributed by atoms with van der Waals surface area (Å²) >= 11 is 0. The molecule has 0 aliphatic carbocycles. The topological polar surface area (TPSA) is 87.5 Å². The summed E-state index contributed by atoms with van der Waals surface area (Å²) in [6.07, 6.45) is 4.37. The van der Waals surface area contributed by atoms with Gasteiger partial charge < -0.3 is 15.3 Å². The van der Waals surface area contributed by atoms with Gasteiger partial charge in [0.2, 0.25) is 5.91 Å². The molecule has 0 bridgehead atoms. The SMILES string of the molecule is [2H]C([2H])([2H])N1C(=O)[C@@H](NC(=O)n2cc(Cc3ccc(C)cc3)cn2)CCc2ccc(C#CC(C)(C)O)cc21. The van der Waals surface area contributed by atoms with E-state index in [9.17, 15) is 14.7 Å². The summed E-state index contributed by atoms with van der Waals surface area (Å²) in [5.41, 5.74) is 3.16. The highest BCUT2D eigenvalue weighted by atomic mass is 16.3. The van der Waals surface area contributed by atoms with Gasteiger partial charge in [-0.2, -0.15) is 9.78 Å². The highest BCUT2D eigenvalue weighted by molar-refractivity contribution is 6.00. The first-order valence-electron chi connectivity index (χ1n) is 12.9. The zero-order valence-electron chi connectivity index (χ0n) is 23.0. The molecule has 2 N–H and O–H groups in total. The monoisotopic (exact) mass is 473 g/mol. The third kappa shape index (κ3) is 5.97. The lowest BCUT2D eigenvalue weighted by Gasteiger charge is -2.22. The fraction of sp³-hybridized carbons (Fsp3) is 0.321. The summed E-state index contributed by atoms with van der Waals surface area (Å²) in [6.45, 7) is 2.31. The van der Waals surface area contributed by atoms with Crippen LogP contribution >= 0.6 is 0 Å². The van der Waals surface area contributed by atoms with Crippen molar-refractivity contribution in [3.63, 3.8) is 0 Å². The molecule has 7 nitrogen and oxygen atoms in total. The molecule has 35 heavy (non-hydrogen) atoms. The Labute approximate surface area is 210 Å². The second-order valence-corrected chi connectivity index (χ2v) is 9.32. The maximum Gasteiger partial charge on any atom is 0.342 e.